The number of nitrogens with two attached hydrogens (primary N) is 1. The van der Waals surface area contributed by atoms with Crippen molar-refractivity contribution >= 4 is 23.4 Å². The van der Waals surface area contributed by atoms with Crippen molar-refractivity contribution in [1.29, 1.82) is 0 Å². The first-order valence-corrected chi connectivity index (χ1v) is 4.76. The highest BCUT2D eigenvalue weighted by molar-refractivity contribution is 5.85. The zero-order valence-corrected chi connectivity index (χ0v) is 9.55. The first-order chi connectivity index (χ1) is 7.54. The van der Waals surface area contributed by atoms with Gasteiger partial charge in [0.25, 0.3) is 0 Å². The summed E-state index contributed by atoms with van der Waals surface area (Å²) in [6.45, 7) is 0.249. The molecule has 0 saturated heterocycles. The molecular formula is C10H11ClF3N3. The molecule has 0 radical (unpaired) electrons. The maximum atomic E-state index is 12.7. The normalized spacial score (nSPS) is 11.5. The van der Waals surface area contributed by atoms with Gasteiger partial charge in [-0.2, -0.15) is 13.2 Å². The highest BCUT2D eigenvalue weighted by Gasteiger charge is 2.37. The third kappa shape index (κ3) is 2.53. The number of aromatic nitrogens is 2. The van der Waals surface area contributed by atoms with Crippen LogP contribution in [-0.2, 0) is 12.7 Å². The van der Waals surface area contributed by atoms with Crippen molar-refractivity contribution < 1.29 is 13.2 Å². The second-order valence-corrected chi connectivity index (χ2v) is 3.36. The summed E-state index contributed by atoms with van der Waals surface area (Å²) in [7, 11) is 0. The van der Waals surface area contributed by atoms with Crippen LogP contribution in [0, 0.1) is 0 Å². The maximum Gasteiger partial charge on any atom is 0.449 e. The molecule has 1 aromatic heterocycles. The highest BCUT2D eigenvalue weighted by atomic mass is 35.5. The molecule has 0 atom stereocenters. The Bertz CT molecular complexity index is 507. The highest BCUT2D eigenvalue weighted by Crippen LogP contribution is 2.31. The lowest BCUT2D eigenvalue weighted by Gasteiger charge is -2.09. The van der Waals surface area contributed by atoms with Gasteiger partial charge in [-0.1, -0.05) is 12.1 Å². The average Bonchev–Trinajstić information content (AvgIpc) is 2.58. The lowest BCUT2D eigenvalue weighted by Crippen LogP contribution is -2.18. The van der Waals surface area contributed by atoms with Crippen molar-refractivity contribution in [2.24, 2.45) is 5.73 Å². The van der Waals surface area contributed by atoms with Gasteiger partial charge in [0.1, 0.15) is 0 Å². The number of fused-ring (bicyclic) bond motifs is 1. The van der Waals surface area contributed by atoms with Crippen LogP contribution in [-0.4, -0.2) is 16.1 Å². The molecular weight excluding hydrogens is 255 g/mol. The second kappa shape index (κ2) is 4.93. The van der Waals surface area contributed by atoms with Crippen molar-refractivity contribution in [3.63, 3.8) is 0 Å². The molecule has 1 heterocycles. The van der Waals surface area contributed by atoms with E-state index in [9.17, 15) is 13.2 Å². The van der Waals surface area contributed by atoms with Crippen LogP contribution in [0.25, 0.3) is 11.0 Å². The number of rotatable bonds is 2. The van der Waals surface area contributed by atoms with E-state index in [1.54, 1.807) is 24.3 Å². The third-order valence-corrected chi connectivity index (χ3v) is 2.26. The van der Waals surface area contributed by atoms with Gasteiger partial charge in [0.2, 0.25) is 5.82 Å². The molecule has 0 amide bonds. The smallest absolute Gasteiger partial charge is 0.329 e. The Morgan fingerprint density at radius 1 is 1.24 bits per heavy atom. The maximum absolute atomic E-state index is 12.7. The Balaban J connectivity index is 0.00000144. The quantitative estimate of drug-likeness (QED) is 0.906. The minimum absolute atomic E-state index is 0. The number of hydrogen-bond donors (Lipinski definition) is 1. The van der Waals surface area contributed by atoms with E-state index in [2.05, 4.69) is 4.98 Å². The molecule has 0 unspecified atom stereocenters. The van der Waals surface area contributed by atoms with E-state index in [1.165, 1.54) is 0 Å². The molecule has 0 saturated carbocycles. The van der Waals surface area contributed by atoms with Crippen LogP contribution in [0.15, 0.2) is 24.3 Å². The van der Waals surface area contributed by atoms with Crippen molar-refractivity contribution in [2.75, 3.05) is 6.54 Å². The Morgan fingerprint density at radius 3 is 2.47 bits per heavy atom. The molecule has 3 nitrogen and oxygen atoms in total. The fraction of sp³-hybridized carbons (Fsp3) is 0.300. The van der Waals surface area contributed by atoms with Gasteiger partial charge in [0.15, 0.2) is 0 Å². The lowest BCUT2D eigenvalue weighted by molar-refractivity contribution is -0.146. The zero-order valence-electron chi connectivity index (χ0n) is 8.74. The summed E-state index contributed by atoms with van der Waals surface area (Å²) in [5.74, 6) is -0.890. The summed E-state index contributed by atoms with van der Waals surface area (Å²) in [6, 6.07) is 6.49. The molecule has 1 aromatic carbocycles. The molecule has 2 rings (SSSR count). The number of hydrogen-bond acceptors (Lipinski definition) is 2. The monoisotopic (exact) mass is 265 g/mol. The van der Waals surface area contributed by atoms with Crippen LogP contribution in [0.1, 0.15) is 5.82 Å². The predicted octanol–water partition coefficient (Wildman–Crippen LogP) is 2.44. The summed E-state index contributed by atoms with van der Waals surface area (Å²) in [5.41, 5.74) is 6.10. The Kier molecular flexibility index (Phi) is 4.00. The summed E-state index contributed by atoms with van der Waals surface area (Å²) in [4.78, 5) is 3.58. The van der Waals surface area contributed by atoms with Gasteiger partial charge in [-0.15, -0.1) is 12.4 Å². The molecule has 2 aromatic rings. The number of nitrogens with zero attached hydrogens (tertiary/aromatic N) is 2. The van der Waals surface area contributed by atoms with Crippen LogP contribution in [0.4, 0.5) is 13.2 Å². The Morgan fingerprint density at radius 2 is 1.88 bits per heavy atom. The zero-order chi connectivity index (χ0) is 11.8. The minimum atomic E-state index is -4.45. The lowest BCUT2D eigenvalue weighted by atomic mass is 10.3. The van der Waals surface area contributed by atoms with E-state index in [-0.39, 0.29) is 25.5 Å². The van der Waals surface area contributed by atoms with Gasteiger partial charge >= 0.3 is 6.18 Å². The largest absolute Gasteiger partial charge is 0.449 e. The van der Waals surface area contributed by atoms with Gasteiger partial charge in [-0.25, -0.2) is 4.98 Å². The van der Waals surface area contributed by atoms with Gasteiger partial charge in [0.05, 0.1) is 11.0 Å². The van der Waals surface area contributed by atoms with Crippen molar-refractivity contribution in [2.45, 2.75) is 12.7 Å². The second-order valence-electron chi connectivity index (χ2n) is 3.36. The Labute approximate surface area is 102 Å². The average molecular weight is 266 g/mol. The SMILES string of the molecule is Cl.NCCn1c(C(F)(F)F)nc2ccccc21. The van der Waals surface area contributed by atoms with Crippen LogP contribution in [0.3, 0.4) is 0 Å². The predicted molar refractivity (Wildman–Crippen MR) is 61.0 cm³/mol. The summed E-state index contributed by atoms with van der Waals surface area (Å²) in [6.07, 6.45) is -4.45. The van der Waals surface area contributed by atoms with Crippen LogP contribution in [0.5, 0.6) is 0 Å². The molecule has 0 aliphatic heterocycles. The Hall–Kier alpha value is -1.27. The van der Waals surface area contributed by atoms with Crippen LogP contribution in [0.2, 0.25) is 0 Å². The molecule has 17 heavy (non-hydrogen) atoms. The summed E-state index contributed by atoms with van der Waals surface area (Å²) >= 11 is 0. The fourth-order valence-corrected chi connectivity index (χ4v) is 1.65. The summed E-state index contributed by atoms with van der Waals surface area (Å²) in [5, 5.41) is 0. The van der Waals surface area contributed by atoms with Gasteiger partial charge in [-0.3, -0.25) is 0 Å². The van der Waals surface area contributed by atoms with E-state index in [0.717, 1.165) is 4.57 Å². The number of halogens is 4. The molecule has 7 heteroatoms. The molecule has 0 aliphatic rings. The fourth-order valence-electron chi connectivity index (χ4n) is 1.65. The van der Waals surface area contributed by atoms with Crippen LogP contribution >= 0.6 is 12.4 Å². The van der Waals surface area contributed by atoms with E-state index in [0.29, 0.717) is 11.0 Å². The number of imidazole rings is 1. The van der Waals surface area contributed by atoms with Crippen molar-refractivity contribution in [3.8, 4) is 0 Å². The first-order valence-electron chi connectivity index (χ1n) is 4.76. The van der Waals surface area contributed by atoms with Gasteiger partial charge < -0.3 is 10.3 Å². The molecule has 94 valence electrons. The van der Waals surface area contributed by atoms with Gasteiger partial charge in [-0.05, 0) is 12.1 Å². The van der Waals surface area contributed by atoms with E-state index in [4.69, 9.17) is 5.73 Å². The van der Waals surface area contributed by atoms with E-state index >= 15 is 0 Å². The first kappa shape index (κ1) is 13.8. The van der Waals surface area contributed by atoms with Crippen molar-refractivity contribution in [3.05, 3.63) is 30.1 Å². The van der Waals surface area contributed by atoms with Gasteiger partial charge in [0, 0.05) is 13.1 Å². The molecule has 0 aliphatic carbocycles. The number of para-hydroxylation sites is 2. The molecule has 0 spiro atoms. The molecule has 2 N–H and O–H groups in total. The van der Waals surface area contributed by atoms with E-state index < -0.39 is 12.0 Å². The van der Waals surface area contributed by atoms with Crippen LogP contribution < -0.4 is 5.73 Å². The number of alkyl halides is 3. The summed E-state index contributed by atoms with van der Waals surface area (Å²) < 4.78 is 39.2. The molecule has 0 fully saturated rings. The van der Waals surface area contributed by atoms with E-state index in [1.807, 2.05) is 0 Å². The minimum Gasteiger partial charge on any atom is -0.329 e. The standard InChI is InChI=1S/C10H10F3N3.ClH/c11-10(12,13)9-15-7-3-1-2-4-8(7)16(9)6-5-14;/h1-4H,5-6,14H2;1H. The number of benzene rings is 1. The van der Waals surface area contributed by atoms with Crippen molar-refractivity contribution in [1.82, 2.24) is 9.55 Å². The third-order valence-electron chi connectivity index (χ3n) is 2.26. The topological polar surface area (TPSA) is 43.8 Å². The molecule has 0 bridgehead atoms.